The third kappa shape index (κ3) is 1.73. The molecule has 6 nitrogen and oxygen atoms in total. The summed E-state index contributed by atoms with van der Waals surface area (Å²) in [6, 6.07) is 1.20. The van der Waals surface area contributed by atoms with Crippen molar-refractivity contribution >= 4 is 5.69 Å². The molecule has 6 heteroatoms. The standard InChI is InChI=1S/C8H10N2O4/c1-4(2)5-3-6(11)7(10(13)14)8(12)9-5/h3-4H,1-2H3,(H2,9,11,12). The molecule has 14 heavy (non-hydrogen) atoms. The molecule has 0 radical (unpaired) electrons. The summed E-state index contributed by atoms with van der Waals surface area (Å²) in [4.78, 5) is 22.9. The molecule has 0 fully saturated rings. The maximum atomic E-state index is 11.1. The first-order chi connectivity index (χ1) is 6.43. The Balaban J connectivity index is 3.40. The molecular formula is C8H10N2O4. The second-order valence-corrected chi connectivity index (χ2v) is 3.20. The van der Waals surface area contributed by atoms with Gasteiger partial charge in [-0.1, -0.05) is 13.8 Å². The van der Waals surface area contributed by atoms with E-state index in [1.165, 1.54) is 6.07 Å². The Morgan fingerprint density at radius 2 is 2.14 bits per heavy atom. The predicted octanol–water partition coefficient (Wildman–Crippen LogP) is 1.11. The van der Waals surface area contributed by atoms with Gasteiger partial charge in [0.1, 0.15) is 0 Å². The van der Waals surface area contributed by atoms with E-state index in [-0.39, 0.29) is 5.92 Å². The summed E-state index contributed by atoms with van der Waals surface area (Å²) in [7, 11) is 0. The summed E-state index contributed by atoms with van der Waals surface area (Å²) < 4.78 is 0. The van der Waals surface area contributed by atoms with E-state index in [2.05, 4.69) is 4.98 Å². The number of nitrogens with one attached hydrogen (secondary N) is 1. The van der Waals surface area contributed by atoms with Crippen LogP contribution in [0.1, 0.15) is 25.5 Å². The number of nitro groups is 1. The third-order valence-corrected chi connectivity index (χ3v) is 1.81. The molecule has 0 atom stereocenters. The van der Waals surface area contributed by atoms with E-state index in [9.17, 15) is 20.0 Å². The molecule has 0 amide bonds. The van der Waals surface area contributed by atoms with Crippen molar-refractivity contribution < 1.29 is 10.0 Å². The summed E-state index contributed by atoms with van der Waals surface area (Å²) in [6.45, 7) is 3.60. The van der Waals surface area contributed by atoms with E-state index in [0.717, 1.165) is 0 Å². The highest BCUT2D eigenvalue weighted by atomic mass is 16.6. The number of aromatic hydroxyl groups is 1. The fourth-order valence-corrected chi connectivity index (χ4v) is 1.05. The van der Waals surface area contributed by atoms with Crippen molar-refractivity contribution in [1.82, 2.24) is 4.98 Å². The molecule has 0 bridgehead atoms. The van der Waals surface area contributed by atoms with Crippen molar-refractivity contribution in [3.8, 4) is 5.75 Å². The zero-order valence-electron chi connectivity index (χ0n) is 7.77. The molecule has 0 unspecified atom stereocenters. The second kappa shape index (κ2) is 3.49. The normalized spacial score (nSPS) is 10.5. The van der Waals surface area contributed by atoms with Crippen LogP contribution in [-0.2, 0) is 0 Å². The lowest BCUT2D eigenvalue weighted by molar-refractivity contribution is -0.387. The Hall–Kier alpha value is -1.85. The molecule has 0 saturated carbocycles. The first-order valence-electron chi connectivity index (χ1n) is 4.04. The molecule has 1 aromatic heterocycles. The van der Waals surface area contributed by atoms with Crippen LogP contribution in [0.4, 0.5) is 5.69 Å². The zero-order valence-corrected chi connectivity index (χ0v) is 7.77. The van der Waals surface area contributed by atoms with E-state index >= 15 is 0 Å². The van der Waals surface area contributed by atoms with Gasteiger partial charge in [-0.15, -0.1) is 0 Å². The highest BCUT2D eigenvalue weighted by molar-refractivity contribution is 5.44. The molecule has 2 N–H and O–H groups in total. The van der Waals surface area contributed by atoms with Gasteiger partial charge in [-0.2, -0.15) is 0 Å². The Kier molecular flexibility index (Phi) is 2.55. The lowest BCUT2D eigenvalue weighted by Gasteiger charge is -2.04. The monoisotopic (exact) mass is 198 g/mol. The molecule has 1 aromatic rings. The topological polar surface area (TPSA) is 96.2 Å². The Morgan fingerprint density at radius 3 is 2.50 bits per heavy atom. The SMILES string of the molecule is CC(C)c1cc(O)c([N+](=O)[O-])c(=O)[nH]1. The number of nitrogens with zero attached hydrogens (tertiary/aromatic N) is 1. The third-order valence-electron chi connectivity index (χ3n) is 1.81. The summed E-state index contributed by atoms with van der Waals surface area (Å²) in [5.74, 6) is -0.600. The number of pyridine rings is 1. The maximum Gasteiger partial charge on any atom is 0.375 e. The van der Waals surface area contributed by atoms with Crippen LogP contribution < -0.4 is 5.56 Å². The van der Waals surface area contributed by atoms with Gasteiger partial charge in [0, 0.05) is 11.8 Å². The van der Waals surface area contributed by atoms with Gasteiger partial charge >= 0.3 is 11.2 Å². The van der Waals surface area contributed by atoms with Gasteiger partial charge in [0.05, 0.1) is 4.92 Å². The average Bonchev–Trinajstić information content (AvgIpc) is 2.01. The molecule has 0 aliphatic rings. The van der Waals surface area contributed by atoms with Crippen LogP contribution in [0, 0.1) is 10.1 Å². The van der Waals surface area contributed by atoms with Crippen LogP contribution in [0.25, 0.3) is 0 Å². The van der Waals surface area contributed by atoms with Crippen LogP contribution in [-0.4, -0.2) is 15.0 Å². The number of aromatic amines is 1. The van der Waals surface area contributed by atoms with Gasteiger partial charge in [-0.3, -0.25) is 14.9 Å². The molecule has 0 aliphatic carbocycles. The maximum absolute atomic E-state index is 11.1. The van der Waals surface area contributed by atoms with E-state index in [0.29, 0.717) is 5.69 Å². The van der Waals surface area contributed by atoms with Crippen molar-refractivity contribution in [2.45, 2.75) is 19.8 Å². The van der Waals surface area contributed by atoms with Crippen molar-refractivity contribution in [3.05, 3.63) is 32.2 Å². The van der Waals surface area contributed by atoms with Crippen molar-refractivity contribution in [1.29, 1.82) is 0 Å². The van der Waals surface area contributed by atoms with E-state index in [1.807, 2.05) is 0 Å². The quantitative estimate of drug-likeness (QED) is 0.549. The number of hydrogen-bond donors (Lipinski definition) is 2. The van der Waals surface area contributed by atoms with Crippen LogP contribution in [0.15, 0.2) is 10.9 Å². The number of rotatable bonds is 2. The van der Waals surface area contributed by atoms with Crippen molar-refractivity contribution in [2.75, 3.05) is 0 Å². The lowest BCUT2D eigenvalue weighted by Crippen LogP contribution is -2.14. The number of H-pyrrole nitrogens is 1. The molecule has 0 saturated heterocycles. The van der Waals surface area contributed by atoms with Crippen LogP contribution >= 0.6 is 0 Å². The Bertz CT molecular complexity index is 422. The van der Waals surface area contributed by atoms with Crippen LogP contribution in [0.5, 0.6) is 5.75 Å². The first kappa shape index (κ1) is 10.2. The van der Waals surface area contributed by atoms with Crippen LogP contribution in [0.2, 0.25) is 0 Å². The molecule has 76 valence electrons. The Morgan fingerprint density at radius 1 is 1.57 bits per heavy atom. The van der Waals surface area contributed by atoms with Crippen LogP contribution in [0.3, 0.4) is 0 Å². The molecule has 1 heterocycles. The molecule has 0 spiro atoms. The van der Waals surface area contributed by atoms with E-state index in [4.69, 9.17) is 0 Å². The van der Waals surface area contributed by atoms with E-state index in [1.54, 1.807) is 13.8 Å². The largest absolute Gasteiger partial charge is 0.502 e. The molecular weight excluding hydrogens is 188 g/mol. The highest BCUT2D eigenvalue weighted by Crippen LogP contribution is 2.23. The van der Waals surface area contributed by atoms with Gasteiger partial charge in [-0.05, 0) is 5.92 Å². The fourth-order valence-electron chi connectivity index (χ4n) is 1.05. The molecule has 0 aliphatic heterocycles. The molecule has 1 rings (SSSR count). The van der Waals surface area contributed by atoms with Gasteiger partial charge < -0.3 is 10.1 Å². The Labute approximate surface area is 79.4 Å². The fraction of sp³-hybridized carbons (Fsp3) is 0.375. The summed E-state index contributed by atoms with van der Waals surface area (Å²) in [5.41, 5.74) is -1.22. The van der Waals surface area contributed by atoms with Gasteiger partial charge in [0.15, 0.2) is 0 Å². The lowest BCUT2D eigenvalue weighted by atomic mass is 10.1. The summed E-state index contributed by atoms with van der Waals surface area (Å²) in [5, 5.41) is 19.6. The minimum atomic E-state index is -0.904. The zero-order chi connectivity index (χ0) is 10.9. The van der Waals surface area contributed by atoms with Gasteiger partial charge in [0.25, 0.3) is 0 Å². The number of aromatic nitrogens is 1. The average molecular weight is 198 g/mol. The second-order valence-electron chi connectivity index (χ2n) is 3.20. The first-order valence-corrected chi connectivity index (χ1v) is 4.04. The highest BCUT2D eigenvalue weighted by Gasteiger charge is 2.20. The van der Waals surface area contributed by atoms with Gasteiger partial charge in [-0.25, -0.2) is 0 Å². The number of hydrogen-bond acceptors (Lipinski definition) is 4. The summed E-state index contributed by atoms with van der Waals surface area (Å²) in [6.07, 6.45) is 0. The van der Waals surface area contributed by atoms with E-state index < -0.39 is 21.9 Å². The minimum Gasteiger partial charge on any atom is -0.502 e. The molecule has 0 aromatic carbocycles. The minimum absolute atomic E-state index is 0.00518. The van der Waals surface area contributed by atoms with Crippen molar-refractivity contribution in [3.63, 3.8) is 0 Å². The van der Waals surface area contributed by atoms with Crippen molar-refractivity contribution in [2.24, 2.45) is 0 Å². The summed E-state index contributed by atoms with van der Waals surface area (Å²) >= 11 is 0. The van der Waals surface area contributed by atoms with Gasteiger partial charge in [0.2, 0.25) is 5.75 Å². The smallest absolute Gasteiger partial charge is 0.375 e. The predicted molar refractivity (Wildman–Crippen MR) is 49.5 cm³/mol.